The number of piperazine rings is 1. The van der Waals surface area contributed by atoms with E-state index in [0.717, 1.165) is 54.0 Å². The van der Waals surface area contributed by atoms with E-state index in [-0.39, 0.29) is 70.6 Å². The molecule has 3 saturated heterocycles. The Bertz CT molecular complexity index is 3500. The van der Waals surface area contributed by atoms with Crippen molar-refractivity contribution in [2.75, 3.05) is 74.2 Å². The van der Waals surface area contributed by atoms with Crippen LogP contribution in [0.2, 0.25) is 5.02 Å². The molecule has 0 bridgehead atoms. The fraction of sp³-hybridized carbons (Fsp3) is 0.339. The van der Waals surface area contributed by atoms with Gasteiger partial charge in [0.2, 0.25) is 11.8 Å². The first-order chi connectivity index (χ1) is 37.1. The number of fused-ring (bicyclic) bond motifs is 2. The van der Waals surface area contributed by atoms with Gasteiger partial charge in [0.15, 0.2) is 28.8 Å². The molecular formula is C56H57ClF2N12O6. The van der Waals surface area contributed by atoms with Gasteiger partial charge in [-0.25, -0.2) is 23.2 Å². The van der Waals surface area contributed by atoms with Crippen molar-refractivity contribution in [2.45, 2.75) is 57.6 Å². The largest absolute Gasteiger partial charge is 0.494 e. The van der Waals surface area contributed by atoms with E-state index in [1.54, 1.807) is 9.36 Å². The minimum absolute atomic E-state index is 0.0245. The summed E-state index contributed by atoms with van der Waals surface area (Å²) >= 11 is 6.72. The van der Waals surface area contributed by atoms with Gasteiger partial charge < -0.3 is 35.2 Å². The number of benzene rings is 4. The molecule has 3 fully saturated rings. The summed E-state index contributed by atoms with van der Waals surface area (Å²) in [6, 6.07) is 22.9. The maximum absolute atomic E-state index is 16.3. The molecule has 5 amide bonds. The number of methoxy groups -OCH3 is 1. The van der Waals surface area contributed by atoms with Crippen LogP contribution in [0, 0.1) is 25.5 Å². The van der Waals surface area contributed by atoms with Gasteiger partial charge in [0.05, 0.1) is 52.0 Å². The molecule has 11 rings (SSSR count). The Labute approximate surface area is 447 Å². The predicted molar refractivity (Wildman–Crippen MR) is 287 cm³/mol. The molecule has 0 unspecified atom stereocenters. The summed E-state index contributed by atoms with van der Waals surface area (Å²) in [7, 11) is 3.14. The lowest BCUT2D eigenvalue weighted by Crippen LogP contribution is -2.51. The fourth-order valence-corrected chi connectivity index (χ4v) is 11.8. The standard InChI is InChI=1S/C56H57ClF2N12O6/c1-31-46-43(28-40(58)50(57)49(46)48-39(52(60)73)14-15-42(76-5)51(48)59)77-56(31,34-9-7-6-8-10-34)30-62-35-17-20-69(21-18-35)54(74)47-32(2)64-71(33(47)3)44-16-12-37(29-61-44)68-25-23-67(24-26-68)36-11-13-38-41(27-36)66(4)65-53(38)70-22-19-45(72)63-55(70)75/h6-16,27-29,31,35,62H,17-26,30H2,1-5H3,(H2,60,73)(H,63,72,75)/t31-,56-/m0/s1. The van der Waals surface area contributed by atoms with Crippen molar-refractivity contribution in [2.24, 2.45) is 12.8 Å². The number of aromatic nitrogens is 5. The first-order valence-corrected chi connectivity index (χ1v) is 26.0. The number of anilines is 3. The summed E-state index contributed by atoms with van der Waals surface area (Å²) in [6.07, 6.45) is 3.34. The maximum Gasteiger partial charge on any atom is 0.329 e. The van der Waals surface area contributed by atoms with E-state index < -0.39 is 35.1 Å². The molecule has 77 heavy (non-hydrogen) atoms. The predicted octanol–water partition coefficient (Wildman–Crippen LogP) is 7.54. The highest BCUT2D eigenvalue weighted by Crippen LogP contribution is 2.56. The number of halogens is 3. The Morgan fingerprint density at radius 2 is 1.62 bits per heavy atom. The topological polar surface area (TPSA) is 198 Å². The zero-order chi connectivity index (χ0) is 54.0. The zero-order valence-corrected chi connectivity index (χ0v) is 44.0. The van der Waals surface area contributed by atoms with E-state index in [0.29, 0.717) is 60.1 Å². The van der Waals surface area contributed by atoms with Crippen LogP contribution in [0.15, 0.2) is 85.1 Å². The number of ether oxygens (including phenoxy) is 2. The van der Waals surface area contributed by atoms with E-state index >= 15 is 8.78 Å². The quantitative estimate of drug-likeness (QED) is 0.109. The van der Waals surface area contributed by atoms with Gasteiger partial charge in [-0.05, 0) is 74.7 Å². The number of amides is 5. The number of carbonyl (C=O) groups is 4. The Morgan fingerprint density at radius 3 is 2.30 bits per heavy atom. The molecule has 21 heteroatoms. The molecule has 4 aliphatic heterocycles. The summed E-state index contributed by atoms with van der Waals surface area (Å²) < 4.78 is 47.7. The number of aryl methyl sites for hydroxylation is 2. The van der Waals surface area contributed by atoms with E-state index in [1.165, 1.54) is 30.2 Å². The van der Waals surface area contributed by atoms with Gasteiger partial charge in [-0.2, -0.15) is 10.2 Å². The van der Waals surface area contributed by atoms with Crippen LogP contribution >= 0.6 is 11.6 Å². The van der Waals surface area contributed by atoms with Crippen LogP contribution in [-0.4, -0.2) is 119 Å². The molecule has 4 N–H and O–H groups in total. The minimum atomic E-state index is -1.12. The van der Waals surface area contributed by atoms with Gasteiger partial charge in [0, 0.05) is 112 Å². The second-order valence-corrected chi connectivity index (χ2v) is 20.4. The molecule has 0 aliphatic carbocycles. The molecule has 3 aromatic heterocycles. The second kappa shape index (κ2) is 20.1. The normalized spacial score (nSPS) is 18.9. The number of nitrogens with two attached hydrogens (primary N) is 1. The van der Waals surface area contributed by atoms with E-state index in [1.807, 2.05) is 93.5 Å². The summed E-state index contributed by atoms with van der Waals surface area (Å²) in [5, 5.41) is 16.0. The molecule has 0 spiro atoms. The van der Waals surface area contributed by atoms with Crippen LogP contribution < -0.4 is 40.5 Å². The molecule has 18 nitrogen and oxygen atoms in total. The average molecular weight is 1070 g/mol. The number of nitrogens with one attached hydrogen (secondary N) is 2. The first-order valence-electron chi connectivity index (χ1n) is 25.6. The van der Waals surface area contributed by atoms with Gasteiger partial charge in [-0.3, -0.25) is 29.3 Å². The number of hydrogen-bond donors (Lipinski definition) is 3. The average Bonchev–Trinajstić information content (AvgIpc) is 4.26. The van der Waals surface area contributed by atoms with Crippen molar-refractivity contribution in [3.05, 3.63) is 135 Å². The third kappa shape index (κ3) is 8.91. The Kier molecular flexibility index (Phi) is 13.3. The van der Waals surface area contributed by atoms with Crippen molar-refractivity contribution >= 4 is 63.4 Å². The number of likely N-dealkylation sites (tertiary alicyclic amines) is 1. The number of pyridine rings is 1. The smallest absolute Gasteiger partial charge is 0.329 e. The van der Waals surface area contributed by atoms with Crippen LogP contribution in [0.25, 0.3) is 27.8 Å². The second-order valence-electron chi connectivity index (χ2n) is 20.1. The lowest BCUT2D eigenvalue weighted by atomic mass is 9.77. The lowest BCUT2D eigenvalue weighted by molar-refractivity contribution is -0.120. The number of hydrogen-bond acceptors (Lipinski definition) is 12. The fourth-order valence-electron chi connectivity index (χ4n) is 11.6. The van der Waals surface area contributed by atoms with Gasteiger partial charge >= 0.3 is 6.03 Å². The van der Waals surface area contributed by atoms with E-state index in [9.17, 15) is 19.2 Å². The Hall–Kier alpha value is -8.10. The van der Waals surface area contributed by atoms with Gasteiger partial charge in [0.25, 0.3) is 5.91 Å². The van der Waals surface area contributed by atoms with Crippen LogP contribution in [0.3, 0.4) is 0 Å². The van der Waals surface area contributed by atoms with E-state index in [4.69, 9.17) is 36.9 Å². The molecule has 7 heterocycles. The highest BCUT2D eigenvalue weighted by atomic mass is 35.5. The molecular weight excluding hydrogens is 1010 g/mol. The first kappa shape index (κ1) is 51.0. The van der Waals surface area contributed by atoms with Crippen molar-refractivity contribution < 1.29 is 37.4 Å². The molecule has 0 saturated carbocycles. The Balaban J connectivity index is 0.738. The lowest BCUT2D eigenvalue weighted by Gasteiger charge is -2.38. The summed E-state index contributed by atoms with van der Waals surface area (Å²) in [5.74, 6) is -2.50. The Morgan fingerprint density at radius 1 is 0.909 bits per heavy atom. The molecule has 4 aromatic carbocycles. The van der Waals surface area contributed by atoms with Crippen molar-refractivity contribution in [3.8, 4) is 28.4 Å². The molecule has 7 aromatic rings. The third-order valence-corrected chi connectivity index (χ3v) is 16.1. The minimum Gasteiger partial charge on any atom is -0.494 e. The van der Waals surface area contributed by atoms with Gasteiger partial charge in [0.1, 0.15) is 11.6 Å². The number of urea groups is 1. The van der Waals surface area contributed by atoms with Crippen molar-refractivity contribution in [1.82, 2.24) is 40.1 Å². The van der Waals surface area contributed by atoms with Crippen LogP contribution in [0.1, 0.15) is 75.3 Å². The number of piperidine rings is 1. The zero-order valence-electron chi connectivity index (χ0n) is 43.2. The van der Waals surface area contributed by atoms with Crippen LogP contribution in [0.5, 0.6) is 11.5 Å². The van der Waals surface area contributed by atoms with Crippen LogP contribution in [-0.2, 0) is 17.4 Å². The molecule has 398 valence electrons. The van der Waals surface area contributed by atoms with Gasteiger partial charge in [-0.15, -0.1) is 0 Å². The van der Waals surface area contributed by atoms with E-state index in [2.05, 4.69) is 31.6 Å². The molecule has 0 radical (unpaired) electrons. The summed E-state index contributed by atoms with van der Waals surface area (Å²) in [6.45, 7) is 10.2. The maximum atomic E-state index is 16.3. The number of primary amides is 1. The SMILES string of the molecule is COc1ccc(C(N)=O)c(-c2c(Cl)c(F)cc3c2[C@H](C)[C@@](CNC2CCN(C(=O)c4c(C)nn(-c5ccc(N6CCN(c7ccc8c(N9CCC(=O)NC9=O)nn(C)c8c7)CC6)cn5)c4C)CC2)(c2ccccc2)O3)c1F. The monoisotopic (exact) mass is 1070 g/mol. The number of rotatable bonds is 12. The number of imide groups is 1. The van der Waals surface area contributed by atoms with Gasteiger partial charge in [-0.1, -0.05) is 48.9 Å². The number of carbonyl (C=O) groups excluding carboxylic acids is 4. The highest BCUT2D eigenvalue weighted by Gasteiger charge is 2.50. The van der Waals surface area contributed by atoms with Crippen molar-refractivity contribution in [1.29, 1.82) is 0 Å². The molecule has 2 atom stereocenters. The summed E-state index contributed by atoms with van der Waals surface area (Å²) in [5.41, 5.74) is 10.1. The molecule has 4 aliphatic rings. The number of nitrogens with zero attached hydrogens (tertiary/aromatic N) is 9. The van der Waals surface area contributed by atoms with Crippen LogP contribution in [0.4, 0.5) is 30.8 Å². The van der Waals surface area contributed by atoms with Crippen molar-refractivity contribution in [3.63, 3.8) is 0 Å². The summed E-state index contributed by atoms with van der Waals surface area (Å²) in [4.78, 5) is 64.2. The highest BCUT2D eigenvalue weighted by molar-refractivity contribution is 6.34. The third-order valence-electron chi connectivity index (χ3n) is 15.8.